The minimum absolute atomic E-state index is 0.145. The fraction of sp³-hybridized carbons (Fsp3) is 0.435. The van der Waals surface area contributed by atoms with E-state index in [1.54, 1.807) is 0 Å². The van der Waals surface area contributed by atoms with E-state index in [0.717, 1.165) is 38.2 Å². The summed E-state index contributed by atoms with van der Waals surface area (Å²) < 4.78 is 5.78. The average molecular weight is 364 g/mol. The lowest BCUT2D eigenvalue weighted by atomic mass is 10.0. The first kappa shape index (κ1) is 18.1. The van der Waals surface area contributed by atoms with Crippen LogP contribution in [0.15, 0.2) is 48.5 Å². The fourth-order valence-corrected chi connectivity index (χ4v) is 4.20. The number of carbonyl (C=O) groups excluding carboxylic acids is 1. The Kier molecular flexibility index (Phi) is 5.17. The highest BCUT2D eigenvalue weighted by Crippen LogP contribution is 2.30. The Morgan fingerprint density at radius 3 is 2.78 bits per heavy atom. The molecule has 142 valence electrons. The summed E-state index contributed by atoms with van der Waals surface area (Å²) in [6.45, 7) is 4.72. The van der Waals surface area contributed by atoms with E-state index in [0.29, 0.717) is 6.42 Å². The Balaban J connectivity index is 1.43. The van der Waals surface area contributed by atoms with Crippen LogP contribution in [-0.2, 0) is 17.6 Å². The number of hydrogen-bond donors (Lipinski definition) is 0. The van der Waals surface area contributed by atoms with Gasteiger partial charge in [-0.1, -0.05) is 42.5 Å². The summed E-state index contributed by atoms with van der Waals surface area (Å²) >= 11 is 0. The molecule has 1 saturated heterocycles. The zero-order chi connectivity index (χ0) is 18.8. The maximum Gasteiger partial charge on any atom is 0.223 e. The summed E-state index contributed by atoms with van der Waals surface area (Å²) in [6.07, 6.45) is 2.57. The quantitative estimate of drug-likeness (QED) is 0.833. The highest BCUT2D eigenvalue weighted by Gasteiger charge is 2.29. The first-order valence-corrected chi connectivity index (χ1v) is 9.91. The highest BCUT2D eigenvalue weighted by atomic mass is 16.5. The number of amides is 1. The molecule has 2 aliphatic rings. The van der Waals surface area contributed by atoms with Crippen molar-refractivity contribution in [3.63, 3.8) is 0 Å². The second-order valence-electron chi connectivity index (χ2n) is 7.85. The van der Waals surface area contributed by atoms with Crippen molar-refractivity contribution in [2.24, 2.45) is 0 Å². The monoisotopic (exact) mass is 364 g/mol. The Morgan fingerprint density at radius 2 is 1.96 bits per heavy atom. The van der Waals surface area contributed by atoms with Crippen LogP contribution in [0.4, 0.5) is 0 Å². The zero-order valence-corrected chi connectivity index (χ0v) is 16.2. The molecule has 4 rings (SSSR count). The fourth-order valence-electron chi connectivity index (χ4n) is 4.20. The Morgan fingerprint density at radius 1 is 1.15 bits per heavy atom. The number of fused-ring (bicyclic) bond motifs is 1. The Hall–Kier alpha value is -2.33. The number of hydrogen-bond acceptors (Lipinski definition) is 3. The van der Waals surface area contributed by atoms with Crippen LogP contribution in [0, 0.1) is 0 Å². The predicted molar refractivity (Wildman–Crippen MR) is 107 cm³/mol. The molecular formula is C23H28N2O2. The van der Waals surface area contributed by atoms with E-state index < -0.39 is 0 Å². The molecule has 27 heavy (non-hydrogen) atoms. The molecule has 2 heterocycles. The van der Waals surface area contributed by atoms with Gasteiger partial charge in [-0.2, -0.15) is 0 Å². The topological polar surface area (TPSA) is 32.8 Å². The van der Waals surface area contributed by atoms with Crippen molar-refractivity contribution in [2.75, 3.05) is 26.7 Å². The van der Waals surface area contributed by atoms with Gasteiger partial charge in [0.05, 0.1) is 6.04 Å². The van der Waals surface area contributed by atoms with E-state index in [2.05, 4.69) is 66.2 Å². The summed E-state index contributed by atoms with van der Waals surface area (Å²) in [7, 11) is 2.13. The molecule has 0 saturated carbocycles. The first-order valence-electron chi connectivity index (χ1n) is 9.91. The van der Waals surface area contributed by atoms with Gasteiger partial charge in [-0.15, -0.1) is 0 Å². The number of likely N-dealkylation sites (N-methyl/N-ethyl adjacent to an activating group) is 1. The molecule has 2 atom stereocenters. The van der Waals surface area contributed by atoms with Crippen LogP contribution in [-0.4, -0.2) is 48.5 Å². The first-order chi connectivity index (χ1) is 13.1. The van der Waals surface area contributed by atoms with Crippen LogP contribution in [0.1, 0.15) is 36.1 Å². The molecule has 0 radical (unpaired) electrons. The number of nitrogens with zero attached hydrogens (tertiary/aromatic N) is 2. The standard InChI is InChI=1S/C23H28N2O2/c1-17-14-20-15-18(8-10-22(20)27-17)9-11-23(26)25-13-12-24(2)16-21(25)19-6-4-3-5-7-19/h3-8,10,15,17,21H,9,11-14,16H2,1-2H3. The largest absolute Gasteiger partial charge is 0.490 e. The van der Waals surface area contributed by atoms with Crippen LogP contribution < -0.4 is 4.74 Å². The summed E-state index contributed by atoms with van der Waals surface area (Å²) in [5.74, 6) is 1.25. The lowest BCUT2D eigenvalue weighted by molar-refractivity contribution is -0.136. The van der Waals surface area contributed by atoms with Crippen LogP contribution in [0.3, 0.4) is 0 Å². The predicted octanol–water partition coefficient (Wildman–Crippen LogP) is 3.46. The second-order valence-corrected chi connectivity index (χ2v) is 7.85. The van der Waals surface area contributed by atoms with Gasteiger partial charge in [-0.25, -0.2) is 0 Å². The van der Waals surface area contributed by atoms with Crippen LogP contribution >= 0.6 is 0 Å². The van der Waals surface area contributed by atoms with Gasteiger partial charge in [0.1, 0.15) is 11.9 Å². The molecule has 1 amide bonds. The summed E-state index contributed by atoms with van der Waals surface area (Å²) in [5.41, 5.74) is 3.72. The van der Waals surface area contributed by atoms with Crippen molar-refractivity contribution in [3.05, 3.63) is 65.2 Å². The number of piperazine rings is 1. The number of ether oxygens (including phenoxy) is 1. The maximum atomic E-state index is 13.0. The SMILES string of the molecule is CC1Cc2cc(CCC(=O)N3CCN(C)CC3c3ccccc3)ccc2O1. The molecule has 0 N–H and O–H groups in total. The van der Waals surface area contributed by atoms with Gasteiger partial charge in [0, 0.05) is 32.5 Å². The van der Waals surface area contributed by atoms with Gasteiger partial charge in [0.25, 0.3) is 0 Å². The molecular weight excluding hydrogens is 336 g/mol. The Bertz CT molecular complexity index is 805. The number of rotatable bonds is 4. The summed E-state index contributed by atoms with van der Waals surface area (Å²) in [5, 5.41) is 0. The lowest BCUT2D eigenvalue weighted by Gasteiger charge is -2.40. The van der Waals surface area contributed by atoms with Crippen LogP contribution in [0.5, 0.6) is 5.75 Å². The molecule has 0 aromatic heterocycles. The van der Waals surface area contributed by atoms with Gasteiger partial charge < -0.3 is 14.5 Å². The van der Waals surface area contributed by atoms with E-state index >= 15 is 0 Å². The normalized spacial score (nSPS) is 22.4. The maximum absolute atomic E-state index is 13.0. The molecule has 2 aliphatic heterocycles. The van der Waals surface area contributed by atoms with Gasteiger partial charge in [-0.3, -0.25) is 4.79 Å². The van der Waals surface area contributed by atoms with E-state index in [1.807, 2.05) is 6.07 Å². The third kappa shape index (κ3) is 4.01. The van der Waals surface area contributed by atoms with Crippen LogP contribution in [0.25, 0.3) is 0 Å². The van der Waals surface area contributed by atoms with Gasteiger partial charge in [0.15, 0.2) is 0 Å². The molecule has 1 fully saturated rings. The van der Waals surface area contributed by atoms with Crippen molar-refractivity contribution in [1.82, 2.24) is 9.80 Å². The molecule has 2 aromatic rings. The minimum Gasteiger partial charge on any atom is -0.490 e. The van der Waals surface area contributed by atoms with Crippen LogP contribution in [0.2, 0.25) is 0 Å². The van der Waals surface area contributed by atoms with E-state index in [9.17, 15) is 4.79 Å². The van der Waals surface area contributed by atoms with Gasteiger partial charge in [-0.05, 0) is 43.1 Å². The third-order valence-electron chi connectivity index (χ3n) is 5.68. The van der Waals surface area contributed by atoms with Gasteiger partial charge in [0.2, 0.25) is 5.91 Å². The van der Waals surface area contributed by atoms with E-state index in [4.69, 9.17) is 4.74 Å². The van der Waals surface area contributed by atoms with Crippen molar-refractivity contribution in [1.29, 1.82) is 0 Å². The molecule has 2 unspecified atom stereocenters. The summed E-state index contributed by atoms with van der Waals surface area (Å²) in [4.78, 5) is 17.4. The minimum atomic E-state index is 0.145. The second kappa shape index (κ2) is 7.73. The van der Waals surface area contributed by atoms with E-state index in [1.165, 1.54) is 16.7 Å². The molecule has 2 aromatic carbocycles. The number of benzene rings is 2. The number of aryl methyl sites for hydroxylation is 1. The molecule has 0 bridgehead atoms. The Labute approximate surface area is 161 Å². The van der Waals surface area contributed by atoms with Crippen molar-refractivity contribution < 1.29 is 9.53 Å². The lowest BCUT2D eigenvalue weighted by Crippen LogP contribution is -2.49. The molecule has 0 spiro atoms. The average Bonchev–Trinajstić information content (AvgIpc) is 3.06. The molecule has 4 heteroatoms. The molecule has 0 aliphatic carbocycles. The van der Waals surface area contributed by atoms with E-state index in [-0.39, 0.29) is 18.1 Å². The van der Waals surface area contributed by atoms with Crippen molar-refractivity contribution in [3.8, 4) is 5.75 Å². The number of carbonyl (C=O) groups is 1. The molecule has 4 nitrogen and oxygen atoms in total. The van der Waals surface area contributed by atoms with Gasteiger partial charge >= 0.3 is 0 Å². The smallest absolute Gasteiger partial charge is 0.223 e. The summed E-state index contributed by atoms with van der Waals surface area (Å²) in [6, 6.07) is 16.9. The third-order valence-corrected chi connectivity index (χ3v) is 5.68. The van der Waals surface area contributed by atoms with Crippen molar-refractivity contribution >= 4 is 5.91 Å². The zero-order valence-electron chi connectivity index (χ0n) is 16.2. The highest BCUT2D eigenvalue weighted by molar-refractivity contribution is 5.77. The van der Waals surface area contributed by atoms with Crippen molar-refractivity contribution in [2.45, 2.75) is 38.3 Å².